The quantitative estimate of drug-likeness (QED) is 0.285. The van der Waals surface area contributed by atoms with Crippen LogP contribution in [0.3, 0.4) is 0 Å². The van der Waals surface area contributed by atoms with Crippen LogP contribution in [-0.2, 0) is 0 Å². The zero-order valence-corrected chi connectivity index (χ0v) is 7.04. The maximum absolute atomic E-state index is 12.9. The molecule has 0 aliphatic carbocycles. The Morgan fingerprint density at radius 1 is 1.43 bits per heavy atom. The van der Waals surface area contributed by atoms with Crippen molar-refractivity contribution in [1.29, 1.82) is 0 Å². The van der Waals surface area contributed by atoms with Gasteiger partial charge in [-0.15, -0.1) is 0 Å². The van der Waals surface area contributed by atoms with Gasteiger partial charge in [0.05, 0.1) is 12.1 Å². The van der Waals surface area contributed by atoms with E-state index in [1.807, 2.05) is 0 Å². The Morgan fingerprint density at radius 3 is 2.93 bits per heavy atom. The highest BCUT2D eigenvalue weighted by Gasteiger charge is 1.99. The summed E-state index contributed by atoms with van der Waals surface area (Å²) in [5, 5.41) is 3.13. The van der Waals surface area contributed by atoms with E-state index < -0.39 is 11.6 Å². The fraction of sp³-hybridized carbons (Fsp3) is 0.111. The summed E-state index contributed by atoms with van der Waals surface area (Å²) in [7, 11) is 0. The van der Waals surface area contributed by atoms with Crippen molar-refractivity contribution in [3.63, 3.8) is 0 Å². The van der Waals surface area contributed by atoms with Crippen LogP contribution in [0.1, 0.15) is 5.56 Å². The van der Waals surface area contributed by atoms with E-state index >= 15 is 0 Å². The Balaban J connectivity index is 2.88. The molecule has 0 aromatic heterocycles. The number of azide groups is 1. The van der Waals surface area contributed by atoms with Gasteiger partial charge in [-0.3, -0.25) is 0 Å². The first-order valence-electron chi connectivity index (χ1n) is 3.69. The topological polar surface area (TPSA) is 48.8 Å². The lowest BCUT2D eigenvalue weighted by Gasteiger charge is -1.92. The average Bonchev–Trinajstić information content (AvgIpc) is 2.18. The molecule has 0 atom stereocenters. The number of rotatable bonds is 1. The summed E-state index contributed by atoms with van der Waals surface area (Å²) in [4.78, 5) is 2.46. The standard InChI is InChI=1S/C9H5F2N3/c10-8-3-4-9(11)7(6-8)2-1-5-13-14-12/h3-4,6H,5H2. The number of benzene rings is 1. The van der Waals surface area contributed by atoms with Crippen molar-refractivity contribution < 1.29 is 8.78 Å². The minimum atomic E-state index is -0.597. The van der Waals surface area contributed by atoms with Crippen molar-refractivity contribution >= 4 is 0 Å². The molecule has 0 aliphatic heterocycles. The second-order valence-electron chi connectivity index (χ2n) is 2.31. The summed E-state index contributed by atoms with van der Waals surface area (Å²) in [5.74, 6) is 3.60. The molecule has 0 bridgehead atoms. The van der Waals surface area contributed by atoms with Gasteiger partial charge in [0.15, 0.2) is 0 Å². The highest BCUT2D eigenvalue weighted by molar-refractivity contribution is 5.35. The normalized spacial score (nSPS) is 8.43. The molecule has 3 nitrogen and oxygen atoms in total. The fourth-order valence-electron chi connectivity index (χ4n) is 0.795. The van der Waals surface area contributed by atoms with Crippen LogP contribution in [-0.4, -0.2) is 6.54 Å². The van der Waals surface area contributed by atoms with Crippen molar-refractivity contribution in [2.75, 3.05) is 6.54 Å². The molecule has 0 unspecified atom stereocenters. The van der Waals surface area contributed by atoms with Gasteiger partial charge < -0.3 is 0 Å². The Morgan fingerprint density at radius 2 is 2.21 bits per heavy atom. The molecule has 1 rings (SSSR count). The smallest absolute Gasteiger partial charge is 0.139 e. The molecule has 0 saturated heterocycles. The van der Waals surface area contributed by atoms with E-state index in [1.165, 1.54) is 0 Å². The molecular formula is C9H5F2N3. The molecule has 0 spiro atoms. The molecule has 0 saturated carbocycles. The van der Waals surface area contributed by atoms with Crippen molar-refractivity contribution in [2.45, 2.75) is 0 Å². The van der Waals surface area contributed by atoms with Gasteiger partial charge in [0.1, 0.15) is 11.6 Å². The highest BCUT2D eigenvalue weighted by atomic mass is 19.1. The van der Waals surface area contributed by atoms with Gasteiger partial charge in [-0.2, -0.15) is 0 Å². The summed E-state index contributed by atoms with van der Waals surface area (Å²) >= 11 is 0. The zero-order valence-electron chi connectivity index (χ0n) is 7.04. The lowest BCUT2D eigenvalue weighted by molar-refractivity contribution is 0.597. The molecule has 1 aromatic carbocycles. The first-order chi connectivity index (χ1) is 6.74. The molecule has 14 heavy (non-hydrogen) atoms. The van der Waals surface area contributed by atoms with Crippen LogP contribution in [0.5, 0.6) is 0 Å². The molecule has 0 aliphatic rings. The van der Waals surface area contributed by atoms with Crippen molar-refractivity contribution in [3.05, 3.63) is 45.8 Å². The molecule has 1 aromatic rings. The van der Waals surface area contributed by atoms with E-state index in [2.05, 4.69) is 21.9 Å². The maximum Gasteiger partial charge on any atom is 0.139 e. The van der Waals surface area contributed by atoms with Crippen LogP contribution in [0.15, 0.2) is 23.3 Å². The van der Waals surface area contributed by atoms with E-state index in [0.29, 0.717) is 0 Å². The lowest BCUT2D eigenvalue weighted by atomic mass is 10.2. The van der Waals surface area contributed by atoms with Gasteiger partial charge in [-0.25, -0.2) is 8.78 Å². The number of hydrogen-bond acceptors (Lipinski definition) is 1. The van der Waals surface area contributed by atoms with E-state index in [9.17, 15) is 8.78 Å². The molecule has 0 fully saturated rings. The van der Waals surface area contributed by atoms with E-state index in [0.717, 1.165) is 18.2 Å². The molecule has 5 heteroatoms. The summed E-state index contributed by atoms with van der Waals surface area (Å²) < 4.78 is 25.5. The van der Waals surface area contributed by atoms with Crippen LogP contribution in [0.4, 0.5) is 8.78 Å². The lowest BCUT2D eigenvalue weighted by Crippen LogP contribution is -1.85. The van der Waals surface area contributed by atoms with Crippen LogP contribution < -0.4 is 0 Å². The predicted molar refractivity (Wildman–Crippen MR) is 47.2 cm³/mol. The van der Waals surface area contributed by atoms with Gasteiger partial charge in [0, 0.05) is 4.91 Å². The van der Waals surface area contributed by atoms with Crippen molar-refractivity contribution in [1.82, 2.24) is 0 Å². The number of halogens is 2. The van der Waals surface area contributed by atoms with Crippen LogP contribution in [0.2, 0.25) is 0 Å². The SMILES string of the molecule is [N-]=[N+]=NCC#Cc1cc(F)ccc1F. The summed E-state index contributed by atoms with van der Waals surface area (Å²) in [6.07, 6.45) is 0. The first kappa shape index (κ1) is 10.0. The third-order valence-corrected chi connectivity index (χ3v) is 1.36. The van der Waals surface area contributed by atoms with Gasteiger partial charge in [-0.05, 0) is 23.7 Å². The molecule has 0 radical (unpaired) electrons. The van der Waals surface area contributed by atoms with Gasteiger partial charge in [0.25, 0.3) is 0 Å². The average molecular weight is 193 g/mol. The van der Waals surface area contributed by atoms with E-state index in [-0.39, 0.29) is 12.1 Å². The Kier molecular flexibility index (Phi) is 3.48. The first-order valence-corrected chi connectivity index (χ1v) is 3.69. The molecule has 0 heterocycles. The molecular weight excluding hydrogens is 188 g/mol. The maximum atomic E-state index is 12.9. The molecule has 0 N–H and O–H groups in total. The third kappa shape index (κ3) is 2.77. The van der Waals surface area contributed by atoms with E-state index in [1.54, 1.807) is 0 Å². The fourth-order valence-corrected chi connectivity index (χ4v) is 0.795. The van der Waals surface area contributed by atoms with E-state index in [4.69, 9.17) is 5.53 Å². The number of hydrogen-bond donors (Lipinski definition) is 0. The van der Waals surface area contributed by atoms with Gasteiger partial charge >= 0.3 is 0 Å². The third-order valence-electron chi connectivity index (χ3n) is 1.36. The van der Waals surface area contributed by atoms with Gasteiger partial charge in [-0.1, -0.05) is 17.0 Å². The van der Waals surface area contributed by atoms with Crippen LogP contribution >= 0.6 is 0 Å². The van der Waals surface area contributed by atoms with Gasteiger partial charge in [0.2, 0.25) is 0 Å². The van der Waals surface area contributed by atoms with Crippen LogP contribution in [0.25, 0.3) is 10.4 Å². The van der Waals surface area contributed by atoms with Crippen LogP contribution in [0, 0.1) is 23.5 Å². The summed E-state index contributed by atoms with van der Waals surface area (Å²) in [5.41, 5.74) is 7.88. The zero-order chi connectivity index (χ0) is 10.4. The highest BCUT2D eigenvalue weighted by Crippen LogP contribution is 2.07. The second-order valence-corrected chi connectivity index (χ2v) is 2.31. The Bertz CT molecular complexity index is 439. The number of nitrogens with zero attached hydrogens (tertiary/aromatic N) is 3. The largest absolute Gasteiger partial charge is 0.207 e. The predicted octanol–water partition coefficient (Wildman–Crippen LogP) is 2.63. The molecule has 70 valence electrons. The monoisotopic (exact) mass is 193 g/mol. The van der Waals surface area contributed by atoms with Crippen molar-refractivity contribution in [3.8, 4) is 11.8 Å². The second kappa shape index (κ2) is 4.85. The minimum Gasteiger partial charge on any atom is -0.207 e. The summed E-state index contributed by atoms with van der Waals surface area (Å²) in [6, 6.07) is 2.99. The van der Waals surface area contributed by atoms with Crippen molar-refractivity contribution in [2.24, 2.45) is 5.11 Å². The Labute approximate surface area is 79.0 Å². The summed E-state index contributed by atoms with van der Waals surface area (Å²) in [6.45, 7) is -0.0630. The molecule has 0 amide bonds. The minimum absolute atomic E-state index is 0.0434. The Hall–Kier alpha value is -2.05.